The molecule has 212 valence electrons. The first kappa shape index (κ1) is 26.2. The number of piperidine rings is 2. The second-order valence-corrected chi connectivity index (χ2v) is 13.1. The van der Waals surface area contributed by atoms with Gasteiger partial charge >= 0.3 is 11.9 Å². The smallest absolute Gasteiger partial charge is 0.321 e. The van der Waals surface area contributed by atoms with E-state index >= 15 is 0 Å². The first-order valence-corrected chi connectivity index (χ1v) is 15.4. The standard InChI is InChI=1S/C34H42N2O4/c1-35-23-12-13-24(35)19-27(18-23)39-32(37)30-16-17-34(22-8-4-3-5-9-22,31-11-7-6-10-29(30)31)33(38)40-28-20-25-14-15-26(21-28)36(25)2/h3-11,23-28,30H,12-21H2,1-2H3/t23?,24?,25?,26?,27?,28?,30-,34?/m0/s1. The highest BCUT2D eigenvalue weighted by molar-refractivity contribution is 5.91. The van der Waals surface area contributed by atoms with Crippen molar-refractivity contribution in [3.63, 3.8) is 0 Å². The predicted molar refractivity (Wildman–Crippen MR) is 153 cm³/mol. The first-order valence-electron chi connectivity index (χ1n) is 15.4. The Labute approximate surface area is 238 Å². The van der Waals surface area contributed by atoms with Crippen molar-refractivity contribution in [3.05, 3.63) is 71.3 Å². The minimum atomic E-state index is -0.927. The fourth-order valence-electron chi connectivity index (χ4n) is 8.85. The normalized spacial score (nSPS) is 37.1. The van der Waals surface area contributed by atoms with Crippen molar-refractivity contribution >= 4 is 11.9 Å². The van der Waals surface area contributed by atoms with Crippen molar-refractivity contribution in [2.75, 3.05) is 14.1 Å². The fourth-order valence-corrected chi connectivity index (χ4v) is 8.85. The number of ether oxygens (including phenoxy) is 2. The average molecular weight is 543 g/mol. The van der Waals surface area contributed by atoms with E-state index in [2.05, 4.69) is 23.9 Å². The monoisotopic (exact) mass is 542 g/mol. The van der Waals surface area contributed by atoms with E-state index in [1.165, 1.54) is 25.7 Å². The summed E-state index contributed by atoms with van der Waals surface area (Å²) in [5.41, 5.74) is 1.84. The van der Waals surface area contributed by atoms with Gasteiger partial charge in [0.15, 0.2) is 0 Å². The van der Waals surface area contributed by atoms with Gasteiger partial charge in [-0.15, -0.1) is 0 Å². The molecular formula is C34H42N2O4. The van der Waals surface area contributed by atoms with Gasteiger partial charge in [-0.25, -0.2) is 0 Å². The Bertz CT molecular complexity index is 1240. The minimum Gasteiger partial charge on any atom is -0.462 e. The molecule has 0 radical (unpaired) electrons. The zero-order chi connectivity index (χ0) is 27.4. The molecule has 0 saturated carbocycles. The highest BCUT2D eigenvalue weighted by atomic mass is 16.5. The molecule has 0 spiro atoms. The highest BCUT2D eigenvalue weighted by Gasteiger charge is 2.52. The predicted octanol–water partition coefficient (Wildman–Crippen LogP) is 5.19. The van der Waals surface area contributed by atoms with Crippen LogP contribution in [-0.2, 0) is 24.5 Å². The maximum Gasteiger partial charge on any atom is 0.321 e. The SMILES string of the molecule is CN1C2CCC1CC(OC(=O)[C@H]1CCC(C(=O)OC3CC4CCC(C3)N4C)(c3ccccc3)c3ccccc31)C2. The van der Waals surface area contributed by atoms with Crippen molar-refractivity contribution < 1.29 is 19.1 Å². The number of nitrogens with zero attached hydrogens (tertiary/aromatic N) is 2. The van der Waals surface area contributed by atoms with Crippen LogP contribution in [0.4, 0.5) is 0 Å². The lowest BCUT2D eigenvalue weighted by molar-refractivity contribution is -0.160. The fraction of sp³-hybridized carbons (Fsp3) is 0.588. The number of carbonyl (C=O) groups excluding carboxylic acids is 2. The molecule has 7 rings (SSSR count). The van der Waals surface area contributed by atoms with Crippen LogP contribution in [0, 0.1) is 0 Å². The van der Waals surface area contributed by atoms with Crippen LogP contribution in [-0.4, -0.2) is 72.2 Å². The summed E-state index contributed by atoms with van der Waals surface area (Å²) < 4.78 is 12.7. The first-order chi connectivity index (χ1) is 19.4. The average Bonchev–Trinajstić information content (AvgIpc) is 3.28. The molecule has 6 atom stereocenters. The van der Waals surface area contributed by atoms with E-state index in [1.807, 2.05) is 54.6 Å². The van der Waals surface area contributed by atoms with Crippen LogP contribution in [0.5, 0.6) is 0 Å². The summed E-state index contributed by atoms with van der Waals surface area (Å²) in [6.07, 6.45) is 9.44. The molecule has 5 unspecified atom stereocenters. The van der Waals surface area contributed by atoms with Gasteiger partial charge in [0, 0.05) is 24.2 Å². The van der Waals surface area contributed by atoms with E-state index in [1.54, 1.807) is 0 Å². The molecule has 2 aromatic rings. The lowest BCUT2D eigenvalue weighted by Crippen LogP contribution is -2.48. The van der Waals surface area contributed by atoms with Crippen LogP contribution in [0.15, 0.2) is 54.6 Å². The van der Waals surface area contributed by atoms with Gasteiger partial charge in [0.1, 0.15) is 17.6 Å². The Hall–Kier alpha value is -2.70. The Morgan fingerprint density at radius 2 is 1.23 bits per heavy atom. The molecule has 4 saturated heterocycles. The molecule has 40 heavy (non-hydrogen) atoms. The maximum absolute atomic E-state index is 14.4. The summed E-state index contributed by atoms with van der Waals surface area (Å²) in [6.45, 7) is 0. The van der Waals surface area contributed by atoms with Crippen molar-refractivity contribution in [1.29, 1.82) is 0 Å². The zero-order valence-electron chi connectivity index (χ0n) is 23.8. The number of fused-ring (bicyclic) bond motifs is 5. The van der Waals surface area contributed by atoms with Gasteiger partial charge in [0.25, 0.3) is 0 Å². The van der Waals surface area contributed by atoms with Gasteiger partial charge in [0.2, 0.25) is 0 Å². The molecule has 1 aliphatic carbocycles. The second-order valence-electron chi connectivity index (χ2n) is 13.1. The van der Waals surface area contributed by atoms with Crippen LogP contribution in [0.3, 0.4) is 0 Å². The number of rotatable bonds is 5. The van der Waals surface area contributed by atoms with Crippen molar-refractivity contribution in [3.8, 4) is 0 Å². The van der Waals surface area contributed by atoms with E-state index in [4.69, 9.17) is 9.47 Å². The van der Waals surface area contributed by atoms with Gasteiger partial charge < -0.3 is 19.3 Å². The Balaban J connectivity index is 1.18. The van der Waals surface area contributed by atoms with Crippen molar-refractivity contribution in [2.45, 2.75) is 112 Å². The third-order valence-electron chi connectivity index (χ3n) is 11.2. The quantitative estimate of drug-likeness (QED) is 0.485. The summed E-state index contributed by atoms with van der Waals surface area (Å²) in [5.74, 6) is -0.667. The van der Waals surface area contributed by atoms with Gasteiger partial charge in [0.05, 0.1) is 5.92 Å². The minimum absolute atomic E-state index is 0.0149. The van der Waals surface area contributed by atoms with E-state index in [-0.39, 0.29) is 30.1 Å². The van der Waals surface area contributed by atoms with Gasteiger partial charge in [-0.05, 0) is 95.0 Å². The molecule has 6 nitrogen and oxygen atoms in total. The van der Waals surface area contributed by atoms with E-state index < -0.39 is 5.41 Å². The second kappa shape index (κ2) is 10.3. The summed E-state index contributed by atoms with van der Waals surface area (Å²) >= 11 is 0. The summed E-state index contributed by atoms with van der Waals surface area (Å²) in [4.78, 5) is 33.1. The molecule has 4 bridgehead atoms. The van der Waals surface area contributed by atoms with Crippen LogP contribution in [0.1, 0.15) is 86.8 Å². The van der Waals surface area contributed by atoms with E-state index in [9.17, 15) is 9.59 Å². The molecule has 0 aromatic heterocycles. The molecular weight excluding hydrogens is 500 g/mol. The third-order valence-corrected chi connectivity index (χ3v) is 11.2. The largest absolute Gasteiger partial charge is 0.462 e. The van der Waals surface area contributed by atoms with Gasteiger partial charge in [-0.2, -0.15) is 0 Å². The zero-order valence-corrected chi connectivity index (χ0v) is 23.8. The molecule has 5 aliphatic rings. The van der Waals surface area contributed by atoms with Crippen molar-refractivity contribution in [2.24, 2.45) is 0 Å². The molecule has 0 N–H and O–H groups in total. The molecule has 0 amide bonds. The Morgan fingerprint density at radius 1 is 0.700 bits per heavy atom. The third kappa shape index (κ3) is 4.30. The van der Waals surface area contributed by atoms with Gasteiger partial charge in [-0.3, -0.25) is 9.59 Å². The van der Waals surface area contributed by atoms with Crippen LogP contribution in [0.25, 0.3) is 0 Å². The van der Waals surface area contributed by atoms with E-state index in [0.717, 1.165) is 42.4 Å². The lowest BCUT2D eigenvalue weighted by Gasteiger charge is -2.42. The summed E-state index contributed by atoms with van der Waals surface area (Å²) in [6, 6.07) is 20.1. The molecule has 4 heterocycles. The van der Waals surface area contributed by atoms with E-state index in [0.29, 0.717) is 37.0 Å². The Kier molecular flexibility index (Phi) is 6.74. The van der Waals surface area contributed by atoms with Crippen LogP contribution < -0.4 is 0 Å². The maximum atomic E-state index is 14.4. The molecule has 4 fully saturated rings. The topological polar surface area (TPSA) is 59.1 Å². The van der Waals surface area contributed by atoms with Crippen molar-refractivity contribution in [1.82, 2.24) is 9.80 Å². The molecule has 2 aromatic carbocycles. The molecule has 4 aliphatic heterocycles. The lowest BCUT2D eigenvalue weighted by atomic mass is 9.63. The van der Waals surface area contributed by atoms with Crippen LogP contribution in [0.2, 0.25) is 0 Å². The summed E-state index contributed by atoms with van der Waals surface area (Å²) in [5, 5.41) is 0. The van der Waals surface area contributed by atoms with Gasteiger partial charge in [-0.1, -0.05) is 54.6 Å². The number of esters is 2. The molecule has 6 heteroatoms. The number of carbonyl (C=O) groups is 2. The van der Waals surface area contributed by atoms with Crippen LogP contribution >= 0.6 is 0 Å². The Morgan fingerprint density at radius 3 is 1.82 bits per heavy atom. The number of hydrogen-bond acceptors (Lipinski definition) is 6. The number of benzene rings is 2. The number of hydrogen-bond donors (Lipinski definition) is 0. The summed E-state index contributed by atoms with van der Waals surface area (Å²) in [7, 11) is 4.41. The highest BCUT2D eigenvalue weighted by Crippen LogP contribution is 2.49.